The largest absolute Gasteiger partial charge is 0.416 e. The summed E-state index contributed by atoms with van der Waals surface area (Å²) in [4.78, 5) is 39.4. The van der Waals surface area contributed by atoms with Gasteiger partial charge in [-0.25, -0.2) is 0 Å². The number of hydrogen-bond donors (Lipinski definition) is 0. The second kappa shape index (κ2) is 7.63. The predicted octanol–water partition coefficient (Wildman–Crippen LogP) is 4.16. The second-order valence-electron chi connectivity index (χ2n) is 4.92. The summed E-state index contributed by atoms with van der Waals surface area (Å²) >= 11 is 0. The zero-order valence-electron chi connectivity index (χ0n) is 13.0. The highest BCUT2D eigenvalue weighted by atomic mass is 19.4. The molecule has 0 radical (unpaired) electrons. The van der Waals surface area contributed by atoms with Crippen LogP contribution in [0.5, 0.6) is 11.5 Å². The van der Waals surface area contributed by atoms with Gasteiger partial charge in [0, 0.05) is 17.7 Å². The van der Waals surface area contributed by atoms with Crippen LogP contribution in [0.1, 0.15) is 11.1 Å². The Bertz CT molecular complexity index is 867. The van der Waals surface area contributed by atoms with Crippen LogP contribution < -0.4 is 9.78 Å². The molecule has 0 aliphatic heterocycles. The van der Waals surface area contributed by atoms with E-state index in [1.807, 2.05) is 0 Å². The molecule has 2 rings (SSSR count). The van der Waals surface area contributed by atoms with Crippen molar-refractivity contribution in [2.75, 3.05) is 0 Å². The first-order valence-corrected chi connectivity index (χ1v) is 6.90. The van der Waals surface area contributed by atoms with E-state index >= 15 is 0 Å². The number of alkyl halides is 3. The molecule has 2 aromatic rings. The zero-order valence-corrected chi connectivity index (χ0v) is 13.0. The maximum atomic E-state index is 12.8. The average Bonchev–Trinajstić information content (AvgIpc) is 2.59. The number of hydrogen-bond acceptors (Lipinski definition) is 8. The normalized spacial score (nSPS) is 10.9. The molecule has 0 atom stereocenters. The summed E-state index contributed by atoms with van der Waals surface area (Å²) in [7, 11) is 0. The Hall–Kier alpha value is -3.77. The predicted molar refractivity (Wildman–Crippen MR) is 81.9 cm³/mol. The van der Waals surface area contributed by atoms with E-state index in [9.17, 15) is 38.3 Å². The van der Waals surface area contributed by atoms with Crippen molar-refractivity contribution >= 4 is 11.4 Å². The number of rotatable bonds is 7. The first-order chi connectivity index (χ1) is 12.6. The highest BCUT2D eigenvalue weighted by molar-refractivity contribution is 5.62. The number of nitrogens with zero attached hydrogens (tertiary/aromatic N) is 3. The molecular formula is C14H8F3N3O7. The molecule has 27 heavy (non-hydrogen) atoms. The zero-order chi connectivity index (χ0) is 20.2. The summed E-state index contributed by atoms with van der Waals surface area (Å²) in [5.41, 5.74) is -4.05. The van der Waals surface area contributed by atoms with Crippen LogP contribution in [0.2, 0.25) is 0 Å². The van der Waals surface area contributed by atoms with Crippen molar-refractivity contribution in [1.82, 2.24) is 0 Å². The number of nitro benzene ring substituents is 2. The van der Waals surface area contributed by atoms with Gasteiger partial charge in [0.15, 0.2) is 5.75 Å². The lowest BCUT2D eigenvalue weighted by molar-refractivity contribution is -0.399. The summed E-state index contributed by atoms with van der Waals surface area (Å²) < 4.78 is 38.5. The quantitative estimate of drug-likeness (QED) is 0.301. The van der Waals surface area contributed by atoms with Crippen LogP contribution in [0.4, 0.5) is 24.5 Å². The van der Waals surface area contributed by atoms with Gasteiger partial charge >= 0.3 is 23.3 Å². The Kier molecular flexibility index (Phi) is 5.53. The van der Waals surface area contributed by atoms with E-state index in [1.165, 1.54) is 24.3 Å². The van der Waals surface area contributed by atoms with E-state index in [0.717, 1.165) is 0 Å². The maximum Gasteiger partial charge on any atom is 0.416 e. The van der Waals surface area contributed by atoms with E-state index in [4.69, 9.17) is 4.89 Å². The minimum atomic E-state index is -5.06. The van der Waals surface area contributed by atoms with Crippen LogP contribution in [0.3, 0.4) is 0 Å². The first-order valence-electron chi connectivity index (χ1n) is 6.90. The number of halogens is 3. The Labute approximate surface area is 147 Å². The molecule has 0 aromatic heterocycles. The van der Waals surface area contributed by atoms with E-state index in [1.54, 1.807) is 0 Å². The number of nitro groups is 2. The number of para-hydroxylation sites is 1. The van der Waals surface area contributed by atoms with Crippen LogP contribution in [-0.2, 0) is 12.7 Å². The van der Waals surface area contributed by atoms with Crippen molar-refractivity contribution in [3.05, 3.63) is 72.7 Å². The molecule has 2 aromatic carbocycles. The van der Waals surface area contributed by atoms with Crippen LogP contribution in [-0.4, -0.2) is 9.85 Å². The summed E-state index contributed by atoms with van der Waals surface area (Å²) in [5.74, 6) is -1.28. The highest BCUT2D eigenvalue weighted by Crippen LogP contribution is 2.43. The molecule has 0 fully saturated rings. The van der Waals surface area contributed by atoms with Gasteiger partial charge in [0.05, 0.1) is 15.4 Å². The van der Waals surface area contributed by atoms with Gasteiger partial charge in [-0.3, -0.25) is 30.0 Å². The lowest BCUT2D eigenvalue weighted by Gasteiger charge is -2.11. The van der Waals surface area contributed by atoms with Crippen molar-refractivity contribution in [2.45, 2.75) is 12.7 Å². The van der Waals surface area contributed by atoms with E-state index in [2.05, 4.69) is 10.1 Å². The Morgan fingerprint density at radius 3 is 2.04 bits per heavy atom. The molecule has 0 saturated heterocycles. The van der Waals surface area contributed by atoms with Crippen LogP contribution in [0.25, 0.3) is 0 Å². The molecule has 0 unspecified atom stereocenters. The number of nitroso groups, excluding NO2 is 1. The third-order valence-corrected chi connectivity index (χ3v) is 3.19. The van der Waals surface area contributed by atoms with Crippen molar-refractivity contribution in [2.24, 2.45) is 5.18 Å². The van der Waals surface area contributed by atoms with Crippen LogP contribution in [0.15, 0.2) is 41.6 Å². The van der Waals surface area contributed by atoms with Crippen molar-refractivity contribution < 1.29 is 32.8 Å². The topological polar surface area (TPSA) is 134 Å². The van der Waals surface area contributed by atoms with Gasteiger partial charge in [0.1, 0.15) is 6.54 Å². The standard InChI is InChI=1S/C14H8F3N3O7/c15-14(16,17)9-5-10(19(22)23)13(11(6-9)20(24)25)27-26-12-4-2-1-3-8(12)7-18-21/h1-6H,7H2. The highest BCUT2D eigenvalue weighted by Gasteiger charge is 2.39. The summed E-state index contributed by atoms with van der Waals surface area (Å²) in [6.45, 7) is -0.364. The Morgan fingerprint density at radius 1 is 1.00 bits per heavy atom. The first kappa shape index (κ1) is 19.6. The van der Waals surface area contributed by atoms with Crippen LogP contribution in [0, 0.1) is 25.1 Å². The van der Waals surface area contributed by atoms with E-state index in [0.29, 0.717) is 0 Å². The van der Waals surface area contributed by atoms with E-state index in [-0.39, 0.29) is 30.0 Å². The molecule has 0 N–H and O–H groups in total. The Balaban J connectivity index is 2.51. The smallest absolute Gasteiger partial charge is 0.289 e. The van der Waals surface area contributed by atoms with Gasteiger partial charge in [0.2, 0.25) is 0 Å². The second-order valence-corrected chi connectivity index (χ2v) is 4.92. The van der Waals surface area contributed by atoms with Crippen molar-refractivity contribution in [3.63, 3.8) is 0 Å². The lowest BCUT2D eigenvalue weighted by atomic mass is 10.1. The van der Waals surface area contributed by atoms with Gasteiger partial charge in [-0.05, 0) is 6.07 Å². The van der Waals surface area contributed by atoms with E-state index < -0.39 is 38.7 Å². The summed E-state index contributed by atoms with van der Waals surface area (Å²) in [6.07, 6.45) is -5.06. The van der Waals surface area contributed by atoms with Gasteiger partial charge in [-0.15, -0.1) is 0 Å². The third kappa shape index (κ3) is 4.45. The molecule has 0 bridgehead atoms. The van der Waals surface area contributed by atoms with Crippen molar-refractivity contribution in [1.29, 1.82) is 0 Å². The number of benzene rings is 2. The van der Waals surface area contributed by atoms with Gasteiger partial charge in [0.25, 0.3) is 0 Å². The molecule has 0 spiro atoms. The molecule has 0 saturated carbocycles. The fourth-order valence-corrected chi connectivity index (χ4v) is 1.99. The third-order valence-electron chi connectivity index (χ3n) is 3.19. The van der Waals surface area contributed by atoms with Crippen LogP contribution >= 0.6 is 0 Å². The summed E-state index contributed by atoms with van der Waals surface area (Å²) in [5, 5.41) is 24.8. The molecule has 142 valence electrons. The monoisotopic (exact) mass is 387 g/mol. The summed E-state index contributed by atoms with van der Waals surface area (Å²) in [6, 6.07) is 5.78. The molecule has 10 nitrogen and oxygen atoms in total. The molecule has 0 heterocycles. The molecule has 0 aliphatic carbocycles. The molecular weight excluding hydrogens is 379 g/mol. The lowest BCUT2D eigenvalue weighted by Crippen LogP contribution is -2.11. The van der Waals surface area contributed by atoms with Gasteiger partial charge in [-0.1, -0.05) is 23.4 Å². The fourth-order valence-electron chi connectivity index (χ4n) is 1.99. The SMILES string of the molecule is O=NCc1ccccc1OOc1c([N+](=O)[O-])cc(C(F)(F)F)cc1[N+](=O)[O-]. The fraction of sp³-hybridized carbons (Fsp3) is 0.143. The Morgan fingerprint density at radius 2 is 1.56 bits per heavy atom. The minimum absolute atomic E-state index is 0.0879. The molecule has 0 aliphatic rings. The minimum Gasteiger partial charge on any atom is -0.289 e. The maximum absolute atomic E-state index is 12.8. The average molecular weight is 387 g/mol. The molecule has 13 heteroatoms. The molecule has 0 amide bonds. The van der Waals surface area contributed by atoms with Gasteiger partial charge < -0.3 is 0 Å². The van der Waals surface area contributed by atoms with Crippen molar-refractivity contribution in [3.8, 4) is 11.5 Å². The van der Waals surface area contributed by atoms with Gasteiger partial charge in [-0.2, -0.15) is 18.1 Å².